The molecule has 0 heterocycles. The molecule has 0 saturated carbocycles. The van der Waals surface area contributed by atoms with Crippen molar-refractivity contribution in [3.63, 3.8) is 0 Å². The first-order valence-electron chi connectivity index (χ1n) is 5.76. The SMILES string of the molecule is CSCC(C)N(C)c1ccc([N+](=O)[O-])c(C(F)(F)F)c1. The van der Waals surface area contributed by atoms with Crippen LogP contribution in [0.1, 0.15) is 12.5 Å². The number of hydrogen-bond acceptors (Lipinski definition) is 4. The maximum absolute atomic E-state index is 12.9. The van der Waals surface area contributed by atoms with Crippen LogP contribution in [-0.4, -0.2) is 30.0 Å². The third-order valence-electron chi connectivity index (χ3n) is 2.96. The van der Waals surface area contributed by atoms with Gasteiger partial charge in [-0.05, 0) is 25.3 Å². The first-order valence-corrected chi connectivity index (χ1v) is 7.15. The Morgan fingerprint density at radius 2 is 2.05 bits per heavy atom. The van der Waals surface area contributed by atoms with Crippen LogP contribution in [0.4, 0.5) is 24.5 Å². The Kier molecular flexibility index (Phi) is 5.27. The highest BCUT2D eigenvalue weighted by Gasteiger charge is 2.38. The molecule has 4 nitrogen and oxygen atoms in total. The second-order valence-corrected chi connectivity index (χ2v) is 5.28. The monoisotopic (exact) mass is 308 g/mol. The number of benzene rings is 1. The fourth-order valence-electron chi connectivity index (χ4n) is 1.74. The van der Waals surface area contributed by atoms with E-state index in [1.807, 2.05) is 13.2 Å². The molecule has 1 unspecified atom stereocenters. The van der Waals surface area contributed by atoms with Crippen LogP contribution in [0.3, 0.4) is 0 Å². The van der Waals surface area contributed by atoms with E-state index in [1.165, 1.54) is 6.07 Å². The van der Waals surface area contributed by atoms with Crippen molar-refractivity contribution in [2.24, 2.45) is 0 Å². The van der Waals surface area contributed by atoms with Crippen molar-refractivity contribution in [1.29, 1.82) is 0 Å². The fraction of sp³-hybridized carbons (Fsp3) is 0.500. The molecule has 8 heteroatoms. The van der Waals surface area contributed by atoms with E-state index in [0.717, 1.165) is 17.9 Å². The van der Waals surface area contributed by atoms with Gasteiger partial charge in [0.05, 0.1) is 4.92 Å². The number of nitro groups is 1. The zero-order valence-electron chi connectivity index (χ0n) is 11.3. The molecule has 0 aliphatic heterocycles. The minimum Gasteiger partial charge on any atom is -0.371 e. The largest absolute Gasteiger partial charge is 0.423 e. The fourth-order valence-corrected chi connectivity index (χ4v) is 2.44. The van der Waals surface area contributed by atoms with Crippen LogP contribution >= 0.6 is 11.8 Å². The maximum atomic E-state index is 12.9. The molecule has 0 amide bonds. The van der Waals surface area contributed by atoms with Crippen molar-refractivity contribution in [3.8, 4) is 0 Å². The number of nitrogens with zero attached hydrogens (tertiary/aromatic N) is 2. The minimum atomic E-state index is -4.75. The lowest BCUT2D eigenvalue weighted by Crippen LogP contribution is -2.31. The van der Waals surface area contributed by atoms with Crippen molar-refractivity contribution < 1.29 is 18.1 Å². The predicted octanol–water partition coefficient (Wildman–Crippen LogP) is 3.80. The number of thioether (sulfide) groups is 1. The number of halogens is 3. The smallest absolute Gasteiger partial charge is 0.371 e. The standard InChI is InChI=1S/C12H15F3N2O2S/c1-8(7-20-3)16(2)9-4-5-11(17(18)19)10(6-9)12(13,14)15/h4-6,8H,7H2,1-3H3. The zero-order chi connectivity index (χ0) is 15.5. The summed E-state index contributed by atoms with van der Waals surface area (Å²) in [7, 11) is 1.67. The van der Waals surface area contributed by atoms with Gasteiger partial charge in [-0.25, -0.2) is 0 Å². The van der Waals surface area contributed by atoms with Crippen molar-refractivity contribution in [1.82, 2.24) is 0 Å². The Labute approximate surface area is 119 Å². The summed E-state index contributed by atoms with van der Waals surface area (Å²) in [5.74, 6) is 0.745. The van der Waals surface area contributed by atoms with Crippen LogP contribution < -0.4 is 4.90 Å². The zero-order valence-corrected chi connectivity index (χ0v) is 12.1. The van der Waals surface area contributed by atoms with Crippen LogP contribution in [0.15, 0.2) is 18.2 Å². The van der Waals surface area contributed by atoms with Crippen molar-refractivity contribution in [2.45, 2.75) is 19.1 Å². The van der Waals surface area contributed by atoms with Gasteiger partial charge in [-0.3, -0.25) is 10.1 Å². The molecule has 0 N–H and O–H groups in total. The topological polar surface area (TPSA) is 46.4 Å². The Bertz CT molecular complexity index is 494. The molecule has 0 aliphatic carbocycles. The number of nitro benzene ring substituents is 1. The summed E-state index contributed by atoms with van der Waals surface area (Å²) < 4.78 is 38.6. The van der Waals surface area contributed by atoms with E-state index in [0.29, 0.717) is 5.69 Å². The Morgan fingerprint density at radius 3 is 2.50 bits per heavy atom. The molecular weight excluding hydrogens is 293 g/mol. The molecule has 1 atom stereocenters. The number of anilines is 1. The maximum Gasteiger partial charge on any atom is 0.423 e. The molecule has 1 aromatic rings. The predicted molar refractivity (Wildman–Crippen MR) is 74.3 cm³/mol. The third kappa shape index (κ3) is 3.78. The molecule has 112 valence electrons. The molecular formula is C12H15F3N2O2S. The normalized spacial score (nSPS) is 13.1. The van der Waals surface area contributed by atoms with Gasteiger partial charge < -0.3 is 4.90 Å². The quantitative estimate of drug-likeness (QED) is 0.613. The van der Waals surface area contributed by atoms with Crippen LogP contribution in [0.5, 0.6) is 0 Å². The average Bonchev–Trinajstić information content (AvgIpc) is 2.36. The van der Waals surface area contributed by atoms with Gasteiger partial charge in [0, 0.05) is 30.6 Å². The van der Waals surface area contributed by atoms with Gasteiger partial charge in [0.1, 0.15) is 5.56 Å². The summed E-state index contributed by atoms with van der Waals surface area (Å²) in [5, 5.41) is 10.7. The van der Waals surface area contributed by atoms with Gasteiger partial charge in [0.2, 0.25) is 0 Å². The van der Waals surface area contributed by atoms with Gasteiger partial charge >= 0.3 is 6.18 Å². The van der Waals surface area contributed by atoms with Crippen molar-refractivity contribution in [3.05, 3.63) is 33.9 Å². The van der Waals surface area contributed by atoms with Crippen molar-refractivity contribution >= 4 is 23.1 Å². The first kappa shape index (κ1) is 16.6. The van der Waals surface area contributed by atoms with Crippen LogP contribution in [0.25, 0.3) is 0 Å². The summed E-state index contributed by atoms with van der Waals surface area (Å²) in [6.07, 6.45) is -2.84. The highest BCUT2D eigenvalue weighted by Crippen LogP contribution is 2.38. The van der Waals surface area contributed by atoms with Gasteiger partial charge in [0.15, 0.2) is 0 Å². The second kappa shape index (κ2) is 6.34. The van der Waals surface area contributed by atoms with Gasteiger partial charge in [-0.2, -0.15) is 24.9 Å². The van der Waals surface area contributed by atoms with Crippen LogP contribution in [-0.2, 0) is 6.18 Å². The summed E-state index contributed by atoms with van der Waals surface area (Å²) in [4.78, 5) is 11.3. The molecule has 0 fully saturated rings. The van der Waals surface area contributed by atoms with Crippen molar-refractivity contribution in [2.75, 3.05) is 24.0 Å². The second-order valence-electron chi connectivity index (χ2n) is 4.37. The molecule has 0 bridgehead atoms. The molecule has 0 saturated heterocycles. The van der Waals surface area contributed by atoms with E-state index < -0.39 is 22.4 Å². The minimum absolute atomic E-state index is 0.0209. The third-order valence-corrected chi connectivity index (χ3v) is 3.77. The van der Waals surface area contributed by atoms with E-state index in [-0.39, 0.29) is 6.04 Å². The van der Waals surface area contributed by atoms with E-state index in [9.17, 15) is 23.3 Å². The first-order chi connectivity index (χ1) is 9.18. The molecule has 0 aliphatic rings. The molecule has 0 spiro atoms. The van der Waals surface area contributed by atoms with Crippen LogP contribution in [0.2, 0.25) is 0 Å². The Morgan fingerprint density at radius 1 is 1.45 bits per heavy atom. The molecule has 0 radical (unpaired) electrons. The summed E-state index contributed by atoms with van der Waals surface area (Å²) >= 11 is 1.58. The van der Waals surface area contributed by atoms with E-state index in [1.54, 1.807) is 23.7 Å². The lowest BCUT2D eigenvalue weighted by atomic mass is 10.1. The van der Waals surface area contributed by atoms with E-state index >= 15 is 0 Å². The lowest BCUT2D eigenvalue weighted by molar-refractivity contribution is -0.388. The summed E-state index contributed by atoms with van der Waals surface area (Å²) in [5.41, 5.74) is -1.83. The average molecular weight is 308 g/mol. The highest BCUT2D eigenvalue weighted by atomic mass is 32.2. The molecule has 0 aromatic heterocycles. The lowest BCUT2D eigenvalue weighted by Gasteiger charge is -2.27. The van der Waals surface area contributed by atoms with Gasteiger partial charge in [-0.15, -0.1) is 0 Å². The van der Waals surface area contributed by atoms with E-state index in [2.05, 4.69) is 0 Å². The molecule has 1 aromatic carbocycles. The number of alkyl halides is 3. The summed E-state index contributed by atoms with van der Waals surface area (Å²) in [6.45, 7) is 1.88. The molecule has 1 rings (SSSR count). The Hall–Kier alpha value is -1.44. The Balaban J connectivity index is 3.23. The number of rotatable bonds is 5. The highest BCUT2D eigenvalue weighted by molar-refractivity contribution is 7.98. The van der Waals surface area contributed by atoms with E-state index in [4.69, 9.17) is 0 Å². The van der Waals surface area contributed by atoms with Crippen LogP contribution in [0, 0.1) is 10.1 Å². The van der Waals surface area contributed by atoms with Gasteiger partial charge in [0.25, 0.3) is 5.69 Å². The molecule has 20 heavy (non-hydrogen) atoms. The summed E-state index contributed by atoms with van der Waals surface area (Å²) in [6, 6.07) is 3.09. The number of hydrogen-bond donors (Lipinski definition) is 0. The van der Waals surface area contributed by atoms with Gasteiger partial charge in [-0.1, -0.05) is 0 Å².